The van der Waals surface area contributed by atoms with Crippen LogP contribution in [0.5, 0.6) is 0 Å². The molecule has 0 radical (unpaired) electrons. The van der Waals surface area contributed by atoms with Gasteiger partial charge in [0.1, 0.15) is 0 Å². The van der Waals surface area contributed by atoms with Gasteiger partial charge in [0.05, 0.1) is 11.6 Å². The molecule has 0 saturated heterocycles. The van der Waals surface area contributed by atoms with Gasteiger partial charge >= 0.3 is 0 Å². The Kier molecular flexibility index (Phi) is 3.03. The second-order valence-corrected chi connectivity index (χ2v) is 5.74. The monoisotopic (exact) mass is 272 g/mol. The highest BCUT2D eigenvalue weighted by molar-refractivity contribution is 7.08. The van der Waals surface area contributed by atoms with Crippen molar-refractivity contribution < 1.29 is 4.79 Å². The van der Waals surface area contributed by atoms with Crippen LogP contribution in [0.15, 0.2) is 29.0 Å². The number of nitrogens with two attached hydrogens (primary N) is 1. The number of nitrogens with one attached hydrogen (secondary N) is 1. The van der Waals surface area contributed by atoms with Gasteiger partial charge in [-0.25, -0.2) is 0 Å². The zero-order valence-electron chi connectivity index (χ0n) is 10.8. The molecule has 1 unspecified atom stereocenters. The van der Waals surface area contributed by atoms with E-state index in [4.69, 9.17) is 5.73 Å². The molecule has 3 N–H and O–H groups in total. The minimum Gasteiger partial charge on any atom is -0.399 e. The average Bonchev–Trinajstić information content (AvgIpc) is 2.96. The fraction of sp³-hybridized carbons (Fsp3) is 0.267. The fourth-order valence-electron chi connectivity index (χ4n) is 2.62. The predicted octanol–water partition coefficient (Wildman–Crippen LogP) is 3.06. The molecule has 0 fully saturated rings. The lowest BCUT2D eigenvalue weighted by molar-refractivity contribution is 0.0936. The Labute approximate surface area is 116 Å². The third-order valence-electron chi connectivity index (χ3n) is 3.65. The second kappa shape index (κ2) is 4.70. The molecule has 1 atom stereocenters. The van der Waals surface area contributed by atoms with Crippen molar-refractivity contribution in [1.29, 1.82) is 0 Å². The van der Waals surface area contributed by atoms with Crippen molar-refractivity contribution in [3.05, 3.63) is 51.2 Å². The Morgan fingerprint density at radius 1 is 1.42 bits per heavy atom. The molecule has 0 spiro atoms. The van der Waals surface area contributed by atoms with Crippen LogP contribution in [-0.4, -0.2) is 5.91 Å². The van der Waals surface area contributed by atoms with Crippen LogP contribution in [0.4, 0.5) is 5.69 Å². The van der Waals surface area contributed by atoms with E-state index >= 15 is 0 Å². The molecule has 1 aromatic heterocycles. The molecular weight excluding hydrogens is 256 g/mol. The van der Waals surface area contributed by atoms with Crippen molar-refractivity contribution in [2.75, 3.05) is 5.73 Å². The zero-order chi connectivity index (χ0) is 13.4. The van der Waals surface area contributed by atoms with Crippen LogP contribution in [-0.2, 0) is 6.42 Å². The fourth-order valence-corrected chi connectivity index (χ4v) is 3.44. The number of thiophene rings is 1. The standard InChI is InChI=1S/C15H16N2OS/c1-9-7-19-8-13(9)15(18)17-14-5-2-10-6-11(16)3-4-12(10)14/h3-4,6-8,14H,2,5,16H2,1H3,(H,17,18). The average molecular weight is 272 g/mol. The third-order valence-corrected chi connectivity index (χ3v) is 4.51. The summed E-state index contributed by atoms with van der Waals surface area (Å²) < 4.78 is 0. The molecule has 1 aromatic carbocycles. The topological polar surface area (TPSA) is 55.1 Å². The first-order valence-electron chi connectivity index (χ1n) is 6.37. The maximum atomic E-state index is 12.2. The van der Waals surface area contributed by atoms with Crippen LogP contribution in [0.25, 0.3) is 0 Å². The number of carbonyl (C=O) groups is 1. The highest BCUT2D eigenvalue weighted by Crippen LogP contribution is 2.32. The maximum absolute atomic E-state index is 12.2. The van der Waals surface area contributed by atoms with E-state index in [0.717, 1.165) is 29.7 Å². The summed E-state index contributed by atoms with van der Waals surface area (Å²) in [5.41, 5.74) is 10.9. The van der Waals surface area contributed by atoms with Gasteiger partial charge in [-0.3, -0.25) is 4.79 Å². The lowest BCUT2D eigenvalue weighted by Crippen LogP contribution is -2.27. The number of fused-ring (bicyclic) bond motifs is 1. The Balaban J connectivity index is 1.80. The van der Waals surface area contributed by atoms with Gasteiger partial charge in [-0.2, -0.15) is 11.3 Å². The van der Waals surface area contributed by atoms with Crippen molar-refractivity contribution in [1.82, 2.24) is 5.32 Å². The highest BCUT2D eigenvalue weighted by atomic mass is 32.1. The molecule has 1 aliphatic rings. The van der Waals surface area contributed by atoms with Gasteiger partial charge in [-0.15, -0.1) is 0 Å². The van der Waals surface area contributed by atoms with Crippen LogP contribution in [0.3, 0.4) is 0 Å². The molecular formula is C15H16N2OS. The smallest absolute Gasteiger partial charge is 0.252 e. The summed E-state index contributed by atoms with van der Waals surface area (Å²) >= 11 is 1.56. The van der Waals surface area contributed by atoms with Crippen LogP contribution in [0.2, 0.25) is 0 Å². The lowest BCUT2D eigenvalue weighted by atomic mass is 10.1. The van der Waals surface area contributed by atoms with Crippen LogP contribution < -0.4 is 11.1 Å². The Hall–Kier alpha value is -1.81. The molecule has 0 aliphatic heterocycles. The zero-order valence-corrected chi connectivity index (χ0v) is 11.6. The number of aryl methyl sites for hydroxylation is 2. The minimum atomic E-state index is 0.0217. The van der Waals surface area contributed by atoms with Gasteiger partial charge in [0.15, 0.2) is 0 Å². The Morgan fingerprint density at radius 3 is 3.00 bits per heavy atom. The van der Waals surface area contributed by atoms with Crippen molar-refractivity contribution in [2.45, 2.75) is 25.8 Å². The lowest BCUT2D eigenvalue weighted by Gasteiger charge is -2.14. The maximum Gasteiger partial charge on any atom is 0.252 e. The van der Waals surface area contributed by atoms with E-state index in [0.29, 0.717) is 0 Å². The number of benzene rings is 1. The molecule has 0 saturated carbocycles. The molecule has 0 bridgehead atoms. The largest absolute Gasteiger partial charge is 0.399 e. The Bertz CT molecular complexity index is 633. The van der Waals surface area contributed by atoms with E-state index in [2.05, 4.69) is 5.32 Å². The van der Waals surface area contributed by atoms with E-state index in [1.165, 1.54) is 11.1 Å². The van der Waals surface area contributed by atoms with E-state index < -0.39 is 0 Å². The first-order valence-corrected chi connectivity index (χ1v) is 7.31. The number of hydrogen-bond donors (Lipinski definition) is 2. The number of rotatable bonds is 2. The summed E-state index contributed by atoms with van der Waals surface area (Å²) in [5, 5.41) is 7.03. The second-order valence-electron chi connectivity index (χ2n) is 4.99. The van der Waals surface area contributed by atoms with Crippen molar-refractivity contribution >= 4 is 22.9 Å². The van der Waals surface area contributed by atoms with Crippen LogP contribution >= 0.6 is 11.3 Å². The van der Waals surface area contributed by atoms with Crippen molar-refractivity contribution in [3.63, 3.8) is 0 Å². The summed E-state index contributed by atoms with van der Waals surface area (Å²) in [6, 6.07) is 6.06. The quantitative estimate of drug-likeness (QED) is 0.826. The number of hydrogen-bond acceptors (Lipinski definition) is 3. The summed E-state index contributed by atoms with van der Waals surface area (Å²) in [5.74, 6) is 0.0217. The molecule has 1 aliphatic carbocycles. The highest BCUT2D eigenvalue weighted by Gasteiger charge is 2.24. The molecule has 19 heavy (non-hydrogen) atoms. The molecule has 3 rings (SSSR count). The number of anilines is 1. The van der Waals surface area contributed by atoms with Crippen LogP contribution in [0.1, 0.15) is 39.5 Å². The van der Waals surface area contributed by atoms with E-state index in [-0.39, 0.29) is 11.9 Å². The van der Waals surface area contributed by atoms with E-state index in [1.54, 1.807) is 11.3 Å². The van der Waals surface area contributed by atoms with Gasteiger partial charge in [0.2, 0.25) is 0 Å². The normalized spacial score (nSPS) is 17.2. The molecule has 4 heteroatoms. The number of nitrogen functional groups attached to an aromatic ring is 1. The first-order chi connectivity index (χ1) is 9.15. The van der Waals surface area contributed by atoms with Crippen LogP contribution in [0, 0.1) is 6.92 Å². The van der Waals surface area contributed by atoms with Gasteiger partial charge in [-0.05, 0) is 54.0 Å². The SMILES string of the molecule is Cc1cscc1C(=O)NC1CCc2cc(N)ccc21. The van der Waals surface area contributed by atoms with E-state index in [9.17, 15) is 4.79 Å². The summed E-state index contributed by atoms with van der Waals surface area (Å²) in [7, 11) is 0. The minimum absolute atomic E-state index is 0.0217. The molecule has 98 valence electrons. The summed E-state index contributed by atoms with van der Waals surface area (Å²) in [6.07, 6.45) is 1.93. The summed E-state index contributed by atoms with van der Waals surface area (Å²) in [6.45, 7) is 1.97. The first kappa shape index (κ1) is 12.2. The van der Waals surface area contributed by atoms with Gasteiger partial charge in [0.25, 0.3) is 5.91 Å². The number of amides is 1. The molecule has 1 heterocycles. The third kappa shape index (κ3) is 2.24. The van der Waals surface area contributed by atoms with E-state index in [1.807, 2.05) is 35.9 Å². The molecule has 2 aromatic rings. The predicted molar refractivity (Wildman–Crippen MR) is 78.4 cm³/mol. The Morgan fingerprint density at radius 2 is 2.26 bits per heavy atom. The molecule has 3 nitrogen and oxygen atoms in total. The van der Waals surface area contributed by atoms with Crippen molar-refractivity contribution in [3.8, 4) is 0 Å². The van der Waals surface area contributed by atoms with Gasteiger partial charge in [-0.1, -0.05) is 6.07 Å². The van der Waals surface area contributed by atoms with Gasteiger partial charge in [0, 0.05) is 11.1 Å². The van der Waals surface area contributed by atoms with Crippen molar-refractivity contribution in [2.24, 2.45) is 0 Å². The molecule has 1 amide bonds. The van der Waals surface area contributed by atoms with Gasteiger partial charge < -0.3 is 11.1 Å². The summed E-state index contributed by atoms with van der Waals surface area (Å²) in [4.78, 5) is 12.2. The number of carbonyl (C=O) groups excluding carboxylic acids is 1.